The van der Waals surface area contributed by atoms with Gasteiger partial charge in [0.15, 0.2) is 11.6 Å². The number of rotatable bonds is 5. The molecule has 6 nitrogen and oxygen atoms in total. The van der Waals surface area contributed by atoms with Gasteiger partial charge in [0, 0.05) is 13.1 Å². The summed E-state index contributed by atoms with van der Waals surface area (Å²) in [5, 5.41) is 9.23. The van der Waals surface area contributed by atoms with E-state index in [0.717, 1.165) is 11.6 Å². The van der Waals surface area contributed by atoms with Crippen molar-refractivity contribution in [3.05, 3.63) is 71.8 Å². The highest BCUT2D eigenvalue weighted by Gasteiger charge is 2.42. The van der Waals surface area contributed by atoms with Crippen molar-refractivity contribution in [2.75, 3.05) is 13.1 Å². The first-order valence-corrected chi connectivity index (χ1v) is 11.1. The smallest absolute Gasteiger partial charge is 0.247 e. The first-order valence-electron chi connectivity index (χ1n) is 11.1. The lowest BCUT2D eigenvalue weighted by molar-refractivity contribution is -0.148. The van der Waals surface area contributed by atoms with Crippen LogP contribution in [-0.4, -0.2) is 41.1 Å². The first kappa shape index (κ1) is 22.9. The van der Waals surface area contributed by atoms with Crippen molar-refractivity contribution in [3.8, 4) is 5.75 Å². The molecule has 1 aliphatic heterocycles. The van der Waals surface area contributed by atoms with Gasteiger partial charge in [0.05, 0.1) is 17.9 Å². The number of ether oxygens (including phenoxy) is 1. The van der Waals surface area contributed by atoms with Crippen molar-refractivity contribution in [2.45, 2.75) is 31.8 Å². The van der Waals surface area contributed by atoms with Crippen LogP contribution in [0.15, 0.2) is 54.6 Å². The Kier molecular flexibility index (Phi) is 7.03. The van der Waals surface area contributed by atoms with E-state index in [1.807, 2.05) is 36.4 Å². The molecule has 1 aliphatic carbocycles. The largest absolute Gasteiger partial charge is 0.487 e. The number of hydroxylamine groups is 1. The number of carbonyl (C=O) groups is 2. The molecule has 1 fully saturated rings. The summed E-state index contributed by atoms with van der Waals surface area (Å²) in [4.78, 5) is 27.4. The van der Waals surface area contributed by atoms with Gasteiger partial charge in [-0.05, 0) is 49.0 Å². The van der Waals surface area contributed by atoms with E-state index in [9.17, 15) is 23.6 Å². The minimum absolute atomic E-state index is 0.109. The van der Waals surface area contributed by atoms with Gasteiger partial charge >= 0.3 is 0 Å². The predicted molar refractivity (Wildman–Crippen MR) is 117 cm³/mol. The molecule has 8 heteroatoms. The Morgan fingerprint density at radius 2 is 1.82 bits per heavy atom. The number of nitrogens with zero attached hydrogens (tertiary/aromatic N) is 1. The fourth-order valence-electron chi connectivity index (χ4n) is 4.68. The molecule has 1 heterocycles. The number of benzene rings is 2. The highest BCUT2D eigenvalue weighted by atomic mass is 19.2. The second-order valence-electron chi connectivity index (χ2n) is 8.42. The summed E-state index contributed by atoms with van der Waals surface area (Å²) in [7, 11) is 0. The molecule has 0 unspecified atom stereocenters. The molecule has 0 radical (unpaired) electrons. The van der Waals surface area contributed by atoms with Crippen LogP contribution in [0.4, 0.5) is 8.78 Å². The van der Waals surface area contributed by atoms with Gasteiger partial charge in [-0.25, -0.2) is 9.87 Å². The Balaban J connectivity index is 1.44. The lowest BCUT2D eigenvalue weighted by Gasteiger charge is -2.37. The van der Waals surface area contributed by atoms with E-state index in [1.54, 1.807) is 10.4 Å². The van der Waals surface area contributed by atoms with Crippen molar-refractivity contribution in [2.24, 2.45) is 11.8 Å². The highest BCUT2D eigenvalue weighted by molar-refractivity contribution is 5.88. The normalized spacial score (nSPS) is 22.9. The van der Waals surface area contributed by atoms with E-state index in [4.69, 9.17) is 4.74 Å². The zero-order valence-electron chi connectivity index (χ0n) is 18.0. The molecule has 2 amide bonds. The lowest BCUT2D eigenvalue weighted by Crippen LogP contribution is -2.48. The molecule has 1 saturated carbocycles. The van der Waals surface area contributed by atoms with Crippen LogP contribution >= 0.6 is 0 Å². The van der Waals surface area contributed by atoms with Crippen LogP contribution in [0.2, 0.25) is 0 Å². The third kappa shape index (κ3) is 5.06. The minimum atomic E-state index is -1.09. The van der Waals surface area contributed by atoms with Gasteiger partial charge in [-0.15, -0.1) is 0 Å². The average Bonchev–Trinajstić information content (AvgIpc) is 2.86. The molecule has 0 bridgehead atoms. The van der Waals surface area contributed by atoms with Crippen molar-refractivity contribution >= 4 is 17.4 Å². The summed E-state index contributed by atoms with van der Waals surface area (Å²) in [6.07, 6.45) is 3.00. The molecule has 2 aliphatic rings. The van der Waals surface area contributed by atoms with E-state index in [0.29, 0.717) is 32.4 Å². The van der Waals surface area contributed by atoms with Gasteiger partial charge in [-0.1, -0.05) is 42.5 Å². The standard InChI is InChI=1S/C25H26F2N2O4/c26-21-7-4-8-22(23(21)27)33-18-9-10-19(20(15-18)24(30)28-32)25(31)29-13-11-17(12-14-29)16-5-2-1-3-6-16/h1-8,11,18-20,32H,9-10,12-15H2,(H,28,30)/t18-,19+,20+/m1/s1. The Labute approximate surface area is 190 Å². The average molecular weight is 456 g/mol. The van der Waals surface area contributed by atoms with Crippen LogP contribution in [0.3, 0.4) is 0 Å². The van der Waals surface area contributed by atoms with E-state index < -0.39 is 35.5 Å². The van der Waals surface area contributed by atoms with Gasteiger partial charge in [-0.2, -0.15) is 4.39 Å². The van der Waals surface area contributed by atoms with Crippen molar-refractivity contribution in [1.29, 1.82) is 0 Å². The Hall–Kier alpha value is -3.26. The summed E-state index contributed by atoms with van der Waals surface area (Å²) < 4.78 is 33.1. The van der Waals surface area contributed by atoms with Crippen molar-refractivity contribution < 1.29 is 28.3 Å². The fraction of sp³-hybridized carbons (Fsp3) is 0.360. The van der Waals surface area contributed by atoms with Crippen LogP contribution in [0.25, 0.3) is 5.57 Å². The molecule has 4 rings (SSSR count). The summed E-state index contributed by atoms with van der Waals surface area (Å²) in [5.74, 6) is -4.63. The maximum atomic E-state index is 14.0. The number of amides is 2. The third-order valence-electron chi connectivity index (χ3n) is 6.44. The third-order valence-corrected chi connectivity index (χ3v) is 6.44. The van der Waals surface area contributed by atoms with Crippen molar-refractivity contribution in [1.82, 2.24) is 10.4 Å². The number of hydrogen-bond donors (Lipinski definition) is 2. The zero-order chi connectivity index (χ0) is 23.4. The van der Waals surface area contributed by atoms with Gasteiger partial charge in [0.1, 0.15) is 0 Å². The van der Waals surface area contributed by atoms with E-state index >= 15 is 0 Å². The van der Waals surface area contributed by atoms with Crippen LogP contribution in [-0.2, 0) is 9.59 Å². The molecule has 0 spiro atoms. The molecular formula is C25H26F2N2O4. The topological polar surface area (TPSA) is 78.9 Å². The van der Waals surface area contributed by atoms with Gasteiger partial charge < -0.3 is 9.64 Å². The second kappa shape index (κ2) is 10.1. The van der Waals surface area contributed by atoms with Crippen molar-refractivity contribution in [3.63, 3.8) is 0 Å². The lowest BCUT2D eigenvalue weighted by atomic mass is 9.76. The number of hydrogen-bond acceptors (Lipinski definition) is 4. The first-order chi connectivity index (χ1) is 16.0. The SMILES string of the molecule is O=C(NO)[C@H]1C[C@H](Oc2cccc(F)c2F)CC[C@@H]1C(=O)N1CC=C(c2ccccc2)CC1. The summed E-state index contributed by atoms with van der Waals surface area (Å²) in [6, 6.07) is 13.6. The minimum Gasteiger partial charge on any atom is -0.487 e. The maximum Gasteiger partial charge on any atom is 0.247 e. The molecule has 174 valence electrons. The Morgan fingerprint density at radius 3 is 2.52 bits per heavy atom. The zero-order valence-corrected chi connectivity index (χ0v) is 18.0. The summed E-state index contributed by atoms with van der Waals surface area (Å²) >= 11 is 0. The predicted octanol–water partition coefficient (Wildman–Crippen LogP) is 3.95. The van der Waals surface area contributed by atoms with Crippen LogP contribution in [0, 0.1) is 23.5 Å². The summed E-state index contributed by atoms with van der Waals surface area (Å²) in [6.45, 7) is 0.986. The van der Waals surface area contributed by atoms with Gasteiger partial charge in [0.2, 0.25) is 17.6 Å². The number of carbonyl (C=O) groups excluding carboxylic acids is 2. The van der Waals surface area contributed by atoms with Gasteiger partial charge in [-0.3, -0.25) is 14.8 Å². The molecular weight excluding hydrogens is 430 g/mol. The van der Waals surface area contributed by atoms with Crippen LogP contribution in [0.1, 0.15) is 31.2 Å². The highest BCUT2D eigenvalue weighted by Crippen LogP contribution is 2.35. The molecule has 2 N–H and O–H groups in total. The fourth-order valence-corrected chi connectivity index (χ4v) is 4.68. The second-order valence-corrected chi connectivity index (χ2v) is 8.42. The molecule has 2 aromatic rings. The quantitative estimate of drug-likeness (QED) is 0.528. The van der Waals surface area contributed by atoms with E-state index in [1.165, 1.54) is 17.7 Å². The van der Waals surface area contributed by atoms with E-state index in [2.05, 4.69) is 0 Å². The number of halogens is 2. The molecule has 0 aromatic heterocycles. The van der Waals surface area contributed by atoms with E-state index in [-0.39, 0.29) is 18.1 Å². The van der Waals surface area contributed by atoms with Crippen LogP contribution in [0.5, 0.6) is 5.75 Å². The maximum absolute atomic E-state index is 14.0. The van der Waals surface area contributed by atoms with Crippen LogP contribution < -0.4 is 10.2 Å². The molecule has 0 saturated heterocycles. The number of nitrogens with one attached hydrogen (secondary N) is 1. The van der Waals surface area contributed by atoms with Gasteiger partial charge in [0.25, 0.3) is 0 Å². The molecule has 3 atom stereocenters. The Bertz CT molecular complexity index is 1040. The Morgan fingerprint density at radius 1 is 1.03 bits per heavy atom. The molecule has 2 aromatic carbocycles. The monoisotopic (exact) mass is 456 g/mol. The summed E-state index contributed by atoms with van der Waals surface area (Å²) in [5.41, 5.74) is 3.95. The molecule has 33 heavy (non-hydrogen) atoms.